The van der Waals surface area contributed by atoms with E-state index >= 15 is 0 Å². The molecule has 0 aliphatic carbocycles. The van der Waals surface area contributed by atoms with Crippen molar-refractivity contribution in [3.63, 3.8) is 0 Å². The van der Waals surface area contributed by atoms with Gasteiger partial charge >= 0.3 is 0 Å². The van der Waals surface area contributed by atoms with Gasteiger partial charge in [0.1, 0.15) is 0 Å². The summed E-state index contributed by atoms with van der Waals surface area (Å²) in [6.07, 6.45) is 1.15. The summed E-state index contributed by atoms with van der Waals surface area (Å²) in [5.74, 6) is 2.27. The van der Waals surface area contributed by atoms with E-state index in [4.69, 9.17) is 0 Å². The molecule has 1 aromatic carbocycles. The highest BCUT2D eigenvalue weighted by molar-refractivity contribution is 5.29. The second-order valence-corrected chi connectivity index (χ2v) is 6.86. The van der Waals surface area contributed by atoms with Gasteiger partial charge in [-0.15, -0.1) is 0 Å². The summed E-state index contributed by atoms with van der Waals surface area (Å²) >= 11 is 0. The third kappa shape index (κ3) is 4.07. The molecule has 0 fully saturated rings. The molecule has 0 radical (unpaired) electrons. The van der Waals surface area contributed by atoms with E-state index in [1.54, 1.807) is 0 Å². The Hall–Kier alpha value is -0.860. The van der Waals surface area contributed by atoms with Gasteiger partial charge in [0.25, 0.3) is 0 Å². The lowest BCUT2D eigenvalue weighted by molar-refractivity contribution is 0.271. The van der Waals surface area contributed by atoms with E-state index < -0.39 is 0 Å². The third-order valence-corrected chi connectivity index (χ3v) is 4.65. The molecule has 20 heavy (non-hydrogen) atoms. The number of benzene rings is 1. The lowest BCUT2D eigenvalue weighted by Gasteiger charge is -2.29. The van der Waals surface area contributed by atoms with Gasteiger partial charge in [-0.25, -0.2) is 0 Å². The molecule has 0 aromatic heterocycles. The predicted molar refractivity (Wildman–Crippen MR) is 86.8 cm³/mol. The Kier molecular flexibility index (Phi) is 5.62. The van der Waals surface area contributed by atoms with Crippen molar-refractivity contribution >= 4 is 0 Å². The molecule has 0 amide bonds. The van der Waals surface area contributed by atoms with E-state index in [1.165, 1.54) is 11.1 Å². The molecular formula is C18H30N2. The van der Waals surface area contributed by atoms with Gasteiger partial charge in [-0.1, -0.05) is 52.0 Å². The minimum absolute atomic E-state index is 0.574. The Morgan fingerprint density at radius 2 is 1.75 bits per heavy atom. The fraction of sp³-hybridized carbons (Fsp3) is 0.667. The van der Waals surface area contributed by atoms with Gasteiger partial charge < -0.3 is 10.6 Å². The van der Waals surface area contributed by atoms with Crippen molar-refractivity contribution in [2.45, 2.75) is 46.7 Å². The van der Waals surface area contributed by atoms with Crippen molar-refractivity contribution in [3.05, 3.63) is 35.4 Å². The third-order valence-electron chi connectivity index (χ3n) is 4.65. The summed E-state index contributed by atoms with van der Waals surface area (Å²) in [5.41, 5.74) is 2.98. The van der Waals surface area contributed by atoms with Gasteiger partial charge in [0.2, 0.25) is 0 Å². The Labute approximate surface area is 124 Å². The van der Waals surface area contributed by atoms with Crippen molar-refractivity contribution in [1.29, 1.82) is 0 Å². The van der Waals surface area contributed by atoms with Gasteiger partial charge in [0.15, 0.2) is 0 Å². The van der Waals surface area contributed by atoms with Crippen molar-refractivity contribution in [1.82, 2.24) is 10.6 Å². The normalized spacial score (nSPS) is 18.9. The maximum Gasteiger partial charge on any atom is 0.0236 e. The lowest BCUT2D eigenvalue weighted by Crippen LogP contribution is -2.44. The average molecular weight is 274 g/mol. The zero-order chi connectivity index (χ0) is 14.5. The van der Waals surface area contributed by atoms with E-state index in [0.29, 0.717) is 6.04 Å². The van der Waals surface area contributed by atoms with E-state index in [9.17, 15) is 0 Å². The van der Waals surface area contributed by atoms with E-state index in [0.717, 1.165) is 43.8 Å². The van der Waals surface area contributed by atoms with Crippen LogP contribution in [-0.4, -0.2) is 19.1 Å². The molecule has 1 aromatic rings. The largest absolute Gasteiger partial charge is 0.315 e. The SMILES string of the molecule is CC(C)C(CNCC1Cc2ccccc2CN1)C(C)C. The van der Waals surface area contributed by atoms with Crippen LogP contribution in [-0.2, 0) is 13.0 Å². The van der Waals surface area contributed by atoms with Crippen LogP contribution in [0.5, 0.6) is 0 Å². The van der Waals surface area contributed by atoms with E-state index in [1.807, 2.05) is 0 Å². The van der Waals surface area contributed by atoms with Crippen molar-refractivity contribution in [2.24, 2.45) is 17.8 Å². The van der Waals surface area contributed by atoms with Crippen LogP contribution in [0.4, 0.5) is 0 Å². The summed E-state index contributed by atoms with van der Waals surface area (Å²) in [4.78, 5) is 0. The van der Waals surface area contributed by atoms with E-state index in [-0.39, 0.29) is 0 Å². The first kappa shape index (κ1) is 15.5. The van der Waals surface area contributed by atoms with Gasteiger partial charge in [0.05, 0.1) is 0 Å². The number of hydrogen-bond donors (Lipinski definition) is 2. The van der Waals surface area contributed by atoms with Crippen LogP contribution in [0, 0.1) is 17.8 Å². The van der Waals surface area contributed by atoms with Crippen molar-refractivity contribution in [3.8, 4) is 0 Å². The zero-order valence-corrected chi connectivity index (χ0v) is 13.4. The summed E-state index contributed by atoms with van der Waals surface area (Å²) in [6.45, 7) is 12.6. The first-order valence-electron chi connectivity index (χ1n) is 8.08. The van der Waals surface area contributed by atoms with Crippen molar-refractivity contribution < 1.29 is 0 Å². The van der Waals surface area contributed by atoms with Crippen LogP contribution >= 0.6 is 0 Å². The smallest absolute Gasteiger partial charge is 0.0236 e. The molecule has 0 saturated heterocycles. The molecule has 2 rings (SSSR count). The van der Waals surface area contributed by atoms with Crippen molar-refractivity contribution in [2.75, 3.05) is 13.1 Å². The number of nitrogens with one attached hydrogen (secondary N) is 2. The molecule has 1 atom stereocenters. The summed E-state index contributed by atoms with van der Waals surface area (Å²) < 4.78 is 0. The Morgan fingerprint density at radius 3 is 2.40 bits per heavy atom. The Morgan fingerprint density at radius 1 is 1.10 bits per heavy atom. The van der Waals surface area contributed by atoms with Gasteiger partial charge in [0, 0.05) is 19.1 Å². The van der Waals surface area contributed by atoms with Gasteiger partial charge in [-0.2, -0.15) is 0 Å². The molecule has 1 unspecified atom stereocenters. The quantitative estimate of drug-likeness (QED) is 0.832. The molecule has 2 N–H and O–H groups in total. The molecule has 0 saturated carbocycles. The molecule has 0 bridgehead atoms. The molecule has 2 heteroatoms. The highest BCUT2D eigenvalue weighted by atomic mass is 15.0. The maximum absolute atomic E-state index is 3.69. The number of hydrogen-bond acceptors (Lipinski definition) is 2. The summed E-state index contributed by atoms with van der Waals surface area (Å²) in [7, 11) is 0. The highest BCUT2D eigenvalue weighted by Crippen LogP contribution is 2.20. The second kappa shape index (κ2) is 7.24. The monoisotopic (exact) mass is 274 g/mol. The lowest BCUT2D eigenvalue weighted by atomic mass is 9.85. The molecule has 1 heterocycles. The highest BCUT2D eigenvalue weighted by Gasteiger charge is 2.20. The minimum Gasteiger partial charge on any atom is -0.315 e. The number of fused-ring (bicyclic) bond motifs is 1. The summed E-state index contributed by atoms with van der Waals surface area (Å²) in [6, 6.07) is 9.37. The molecule has 2 nitrogen and oxygen atoms in total. The zero-order valence-electron chi connectivity index (χ0n) is 13.4. The number of rotatable bonds is 6. The summed E-state index contributed by atoms with van der Waals surface area (Å²) in [5, 5.41) is 7.33. The topological polar surface area (TPSA) is 24.1 Å². The van der Waals surface area contributed by atoms with Crippen LogP contribution in [0.1, 0.15) is 38.8 Å². The van der Waals surface area contributed by atoms with Gasteiger partial charge in [-0.05, 0) is 41.8 Å². The Balaban J connectivity index is 1.79. The van der Waals surface area contributed by atoms with Crippen LogP contribution in [0.15, 0.2) is 24.3 Å². The van der Waals surface area contributed by atoms with Crippen LogP contribution < -0.4 is 10.6 Å². The minimum atomic E-state index is 0.574. The molecule has 0 spiro atoms. The average Bonchev–Trinajstić information content (AvgIpc) is 2.42. The van der Waals surface area contributed by atoms with E-state index in [2.05, 4.69) is 62.6 Å². The Bertz CT molecular complexity index is 404. The standard InChI is InChI=1S/C18H30N2/c1-13(2)18(14(3)4)12-19-11-17-9-15-7-5-6-8-16(15)10-20-17/h5-8,13-14,17-20H,9-12H2,1-4H3. The molecule has 1 aliphatic rings. The molecule has 112 valence electrons. The maximum atomic E-state index is 3.69. The predicted octanol–water partition coefficient (Wildman–Crippen LogP) is 3.22. The first-order chi connectivity index (χ1) is 9.58. The fourth-order valence-electron chi connectivity index (χ4n) is 3.33. The molecular weight excluding hydrogens is 244 g/mol. The first-order valence-corrected chi connectivity index (χ1v) is 8.08. The molecule has 1 aliphatic heterocycles. The fourth-order valence-corrected chi connectivity index (χ4v) is 3.33. The van der Waals surface area contributed by atoms with Crippen LogP contribution in [0.25, 0.3) is 0 Å². The van der Waals surface area contributed by atoms with Crippen LogP contribution in [0.2, 0.25) is 0 Å². The van der Waals surface area contributed by atoms with Crippen LogP contribution in [0.3, 0.4) is 0 Å². The second-order valence-electron chi connectivity index (χ2n) is 6.86. The van der Waals surface area contributed by atoms with Gasteiger partial charge in [-0.3, -0.25) is 0 Å².